The lowest BCUT2D eigenvalue weighted by Crippen LogP contribution is -2.45. The van der Waals surface area contributed by atoms with E-state index in [9.17, 15) is 19.2 Å². The fourth-order valence-corrected chi connectivity index (χ4v) is 2.30. The van der Waals surface area contributed by atoms with Crippen molar-refractivity contribution in [3.8, 4) is 0 Å². The Bertz CT molecular complexity index is 858. The van der Waals surface area contributed by atoms with Crippen LogP contribution < -0.4 is 21.3 Å². The van der Waals surface area contributed by atoms with Crippen molar-refractivity contribution in [2.24, 2.45) is 0 Å². The first-order valence-electron chi connectivity index (χ1n) is 8.81. The smallest absolute Gasteiger partial charge is 0.329 e. The van der Waals surface area contributed by atoms with Gasteiger partial charge in [0.1, 0.15) is 6.04 Å². The molecule has 0 aromatic heterocycles. The minimum absolute atomic E-state index is 0.378. The molecule has 29 heavy (non-hydrogen) atoms. The third-order valence-corrected chi connectivity index (χ3v) is 3.77. The highest BCUT2D eigenvalue weighted by Crippen LogP contribution is 2.18. The van der Waals surface area contributed by atoms with E-state index in [0.717, 1.165) is 0 Å². The molecule has 152 valence electrons. The lowest BCUT2D eigenvalue weighted by molar-refractivity contribution is -0.157. The standard InChI is InChI=1S/C20H22N4O5/c1-13(22-20(28)23-15-11-7-4-8-12-15)18(26)29-16(14-9-5-3-6-10-14)17(25)24-19(27)21-2/h3-13,16H,1-2H3,(H2,22,23,28)(H2,21,24,25,27)/t13-,16+/m0/s1. The van der Waals surface area contributed by atoms with Crippen LogP contribution in [0, 0.1) is 0 Å². The van der Waals surface area contributed by atoms with Gasteiger partial charge in [0.05, 0.1) is 0 Å². The van der Waals surface area contributed by atoms with Gasteiger partial charge in [-0.05, 0) is 19.1 Å². The summed E-state index contributed by atoms with van der Waals surface area (Å²) >= 11 is 0. The molecule has 0 saturated carbocycles. The van der Waals surface area contributed by atoms with Crippen molar-refractivity contribution in [1.82, 2.24) is 16.0 Å². The molecule has 0 fully saturated rings. The van der Waals surface area contributed by atoms with E-state index in [1.54, 1.807) is 60.7 Å². The van der Waals surface area contributed by atoms with Crippen molar-refractivity contribution in [3.63, 3.8) is 0 Å². The number of rotatable bonds is 6. The fraction of sp³-hybridized carbons (Fsp3) is 0.200. The van der Waals surface area contributed by atoms with E-state index in [1.165, 1.54) is 14.0 Å². The first-order chi connectivity index (χ1) is 13.9. The molecule has 0 aliphatic rings. The van der Waals surface area contributed by atoms with Crippen LogP contribution in [-0.2, 0) is 14.3 Å². The summed E-state index contributed by atoms with van der Waals surface area (Å²) in [5.41, 5.74) is 0.931. The zero-order valence-electron chi connectivity index (χ0n) is 16.0. The van der Waals surface area contributed by atoms with Gasteiger partial charge in [-0.25, -0.2) is 14.4 Å². The fourth-order valence-electron chi connectivity index (χ4n) is 2.30. The van der Waals surface area contributed by atoms with Crippen molar-refractivity contribution >= 4 is 29.6 Å². The van der Waals surface area contributed by atoms with Crippen LogP contribution in [0.2, 0.25) is 0 Å². The third kappa shape index (κ3) is 6.65. The van der Waals surface area contributed by atoms with Gasteiger partial charge in [-0.2, -0.15) is 0 Å². The van der Waals surface area contributed by atoms with Gasteiger partial charge in [0.15, 0.2) is 0 Å². The molecule has 0 aliphatic heterocycles. The zero-order chi connectivity index (χ0) is 21.2. The van der Waals surface area contributed by atoms with E-state index in [2.05, 4.69) is 21.3 Å². The van der Waals surface area contributed by atoms with Gasteiger partial charge < -0.3 is 20.7 Å². The molecule has 2 atom stereocenters. The molecule has 5 amide bonds. The molecule has 2 aromatic rings. The van der Waals surface area contributed by atoms with Crippen LogP contribution >= 0.6 is 0 Å². The lowest BCUT2D eigenvalue weighted by atomic mass is 10.1. The summed E-state index contributed by atoms with van der Waals surface area (Å²) in [5, 5.41) is 9.35. The van der Waals surface area contributed by atoms with E-state index in [4.69, 9.17) is 4.74 Å². The SMILES string of the molecule is CNC(=O)NC(=O)[C@H](OC(=O)[C@H](C)NC(=O)Nc1ccccc1)c1ccccc1. The Labute approximate surface area is 167 Å². The van der Waals surface area contributed by atoms with Gasteiger partial charge in [0.25, 0.3) is 5.91 Å². The molecule has 0 saturated heterocycles. The Balaban J connectivity index is 2.03. The molecule has 0 heterocycles. The molecule has 4 N–H and O–H groups in total. The number of esters is 1. The number of benzene rings is 2. The van der Waals surface area contributed by atoms with E-state index in [0.29, 0.717) is 11.3 Å². The lowest BCUT2D eigenvalue weighted by Gasteiger charge is -2.20. The summed E-state index contributed by atoms with van der Waals surface area (Å²) in [6.07, 6.45) is -1.36. The van der Waals surface area contributed by atoms with Crippen LogP contribution in [-0.4, -0.2) is 37.0 Å². The van der Waals surface area contributed by atoms with Crippen LogP contribution in [0.15, 0.2) is 60.7 Å². The second-order valence-corrected chi connectivity index (χ2v) is 5.98. The van der Waals surface area contributed by atoms with E-state index >= 15 is 0 Å². The van der Waals surface area contributed by atoms with Crippen LogP contribution in [0.3, 0.4) is 0 Å². The van der Waals surface area contributed by atoms with Crippen molar-refractivity contribution < 1.29 is 23.9 Å². The molecule has 0 spiro atoms. The largest absolute Gasteiger partial charge is 0.446 e. The molecule has 0 unspecified atom stereocenters. The molecule has 0 aliphatic carbocycles. The molecular weight excluding hydrogens is 376 g/mol. The van der Waals surface area contributed by atoms with Crippen LogP contribution in [0.5, 0.6) is 0 Å². The minimum Gasteiger partial charge on any atom is -0.446 e. The highest BCUT2D eigenvalue weighted by Gasteiger charge is 2.29. The van der Waals surface area contributed by atoms with Gasteiger partial charge in [-0.3, -0.25) is 10.1 Å². The topological polar surface area (TPSA) is 126 Å². The maximum absolute atomic E-state index is 12.4. The summed E-state index contributed by atoms with van der Waals surface area (Å²) < 4.78 is 5.28. The maximum Gasteiger partial charge on any atom is 0.329 e. The first-order valence-corrected chi connectivity index (χ1v) is 8.81. The number of imide groups is 1. The number of nitrogens with one attached hydrogen (secondary N) is 4. The zero-order valence-corrected chi connectivity index (χ0v) is 16.0. The van der Waals surface area contributed by atoms with E-state index in [-0.39, 0.29) is 0 Å². The Hall–Kier alpha value is -3.88. The van der Waals surface area contributed by atoms with Crippen molar-refractivity contribution in [3.05, 3.63) is 66.2 Å². The Kier molecular flexibility index (Phi) is 7.72. The van der Waals surface area contributed by atoms with Gasteiger partial charge in [-0.1, -0.05) is 48.5 Å². The number of anilines is 1. The number of para-hydroxylation sites is 1. The Morgan fingerprint density at radius 1 is 0.862 bits per heavy atom. The van der Waals surface area contributed by atoms with E-state index < -0.39 is 36.1 Å². The molecule has 9 heteroatoms. The number of carbonyl (C=O) groups excluding carboxylic acids is 4. The highest BCUT2D eigenvalue weighted by atomic mass is 16.5. The number of hydrogen-bond acceptors (Lipinski definition) is 5. The van der Waals surface area contributed by atoms with Crippen molar-refractivity contribution in [2.45, 2.75) is 19.1 Å². The van der Waals surface area contributed by atoms with Gasteiger partial charge in [-0.15, -0.1) is 0 Å². The molecule has 0 radical (unpaired) electrons. The Morgan fingerprint density at radius 3 is 2.03 bits per heavy atom. The van der Waals surface area contributed by atoms with Crippen molar-refractivity contribution in [2.75, 3.05) is 12.4 Å². The molecular formula is C20H22N4O5. The highest BCUT2D eigenvalue weighted by molar-refractivity contribution is 5.98. The quantitative estimate of drug-likeness (QED) is 0.553. The number of hydrogen-bond donors (Lipinski definition) is 4. The number of amides is 5. The average Bonchev–Trinajstić information content (AvgIpc) is 2.72. The summed E-state index contributed by atoms with van der Waals surface area (Å²) in [7, 11) is 1.35. The normalized spacial score (nSPS) is 12.1. The van der Waals surface area contributed by atoms with Gasteiger partial charge in [0, 0.05) is 18.3 Å². The van der Waals surface area contributed by atoms with Crippen LogP contribution in [0.25, 0.3) is 0 Å². The summed E-state index contributed by atoms with van der Waals surface area (Å²) in [6.45, 7) is 1.42. The minimum atomic E-state index is -1.36. The van der Waals surface area contributed by atoms with Crippen LogP contribution in [0.1, 0.15) is 18.6 Å². The third-order valence-electron chi connectivity index (χ3n) is 3.77. The Morgan fingerprint density at radius 2 is 1.45 bits per heavy atom. The van der Waals surface area contributed by atoms with Gasteiger partial charge in [0.2, 0.25) is 6.10 Å². The van der Waals surface area contributed by atoms with Crippen LogP contribution in [0.4, 0.5) is 15.3 Å². The predicted molar refractivity (Wildman–Crippen MR) is 106 cm³/mol. The maximum atomic E-state index is 12.4. The summed E-state index contributed by atoms with van der Waals surface area (Å²) in [6, 6.07) is 14.5. The number of ether oxygens (including phenoxy) is 1. The second kappa shape index (κ2) is 10.5. The monoisotopic (exact) mass is 398 g/mol. The first kappa shape index (κ1) is 21.4. The molecule has 2 rings (SSSR count). The summed E-state index contributed by atoms with van der Waals surface area (Å²) in [4.78, 5) is 48.3. The summed E-state index contributed by atoms with van der Waals surface area (Å²) in [5.74, 6) is -1.65. The second-order valence-electron chi connectivity index (χ2n) is 5.98. The number of urea groups is 2. The van der Waals surface area contributed by atoms with Crippen molar-refractivity contribution in [1.29, 1.82) is 0 Å². The van der Waals surface area contributed by atoms with E-state index in [1.807, 2.05) is 0 Å². The predicted octanol–water partition coefficient (Wildman–Crippen LogP) is 1.94. The average molecular weight is 398 g/mol. The van der Waals surface area contributed by atoms with Gasteiger partial charge >= 0.3 is 18.0 Å². The molecule has 2 aromatic carbocycles. The molecule has 0 bridgehead atoms. The molecule has 9 nitrogen and oxygen atoms in total. The number of carbonyl (C=O) groups is 4.